The highest BCUT2D eigenvalue weighted by Crippen LogP contribution is 2.26. The van der Waals surface area contributed by atoms with Crippen LogP contribution in [0.5, 0.6) is 5.75 Å². The van der Waals surface area contributed by atoms with Gasteiger partial charge in [0, 0.05) is 12.3 Å². The van der Waals surface area contributed by atoms with Gasteiger partial charge in [0.05, 0.1) is 0 Å². The van der Waals surface area contributed by atoms with E-state index in [2.05, 4.69) is 20.1 Å². The summed E-state index contributed by atoms with van der Waals surface area (Å²) in [5.41, 5.74) is 5.53. The second-order valence-electron chi connectivity index (χ2n) is 2.93. The van der Waals surface area contributed by atoms with Crippen molar-refractivity contribution in [2.45, 2.75) is 0 Å². The van der Waals surface area contributed by atoms with Crippen molar-refractivity contribution in [2.24, 2.45) is 5.73 Å². The van der Waals surface area contributed by atoms with Crippen LogP contribution in [-0.4, -0.2) is 17.0 Å². The minimum absolute atomic E-state index is 0.256. The Kier molecular flexibility index (Phi) is 2.42. The fraction of sp³-hybridized carbons (Fsp3) is 0. The van der Waals surface area contributed by atoms with Crippen LogP contribution in [0.4, 0.5) is 10.6 Å². The van der Waals surface area contributed by atoms with Crippen LogP contribution in [0.15, 0.2) is 18.3 Å². The van der Waals surface area contributed by atoms with E-state index in [-0.39, 0.29) is 11.6 Å². The summed E-state index contributed by atoms with van der Waals surface area (Å²) in [6, 6.07) is 1.54. The first kappa shape index (κ1) is 9.97. The molecule has 0 bridgehead atoms. The summed E-state index contributed by atoms with van der Waals surface area (Å²) in [7, 11) is 0. The molecular weight excluding hydrogens is 214 g/mol. The molecule has 0 saturated carbocycles. The first-order valence-electron chi connectivity index (χ1n) is 4.28. The Bertz CT molecular complexity index is 484. The van der Waals surface area contributed by atoms with Gasteiger partial charge in [-0.05, 0) is 17.7 Å². The number of primary amides is 1. The van der Waals surface area contributed by atoms with Crippen LogP contribution in [0.2, 0.25) is 0 Å². The molecule has 2 heterocycles. The fourth-order valence-electron chi connectivity index (χ4n) is 1.09. The molecule has 7 heteroatoms. The van der Waals surface area contributed by atoms with Crippen LogP contribution >= 0.6 is 0 Å². The molecule has 2 rings (SSSR count). The summed E-state index contributed by atoms with van der Waals surface area (Å²) in [5, 5.41) is 2.34. The number of carbonyl (C=O) groups excluding carboxylic acids is 2. The molecule has 0 saturated heterocycles. The lowest BCUT2D eigenvalue weighted by Gasteiger charge is -2.14. The second-order valence-corrected chi connectivity index (χ2v) is 2.93. The quantitative estimate of drug-likeness (QED) is 0.556. The van der Waals surface area contributed by atoms with E-state index in [0.717, 1.165) is 0 Å². The minimum Gasteiger partial charge on any atom is -0.366 e. The maximum absolute atomic E-state index is 10.8. The standard InChI is InChI=1S/C9H7N3O4/c10-7(13)2-1-5-3-6-8(11-4-5)12-9(14)16-15-6/h1-4H,(H2,10,13)(H,11,12,14)/b2-1+. The van der Waals surface area contributed by atoms with Crippen LogP contribution in [0.1, 0.15) is 5.56 Å². The monoisotopic (exact) mass is 221 g/mol. The molecule has 1 aromatic rings. The van der Waals surface area contributed by atoms with Crippen LogP contribution < -0.4 is 15.9 Å². The Morgan fingerprint density at radius 2 is 2.31 bits per heavy atom. The van der Waals surface area contributed by atoms with Crippen LogP contribution in [0.3, 0.4) is 0 Å². The number of anilines is 1. The Morgan fingerprint density at radius 1 is 1.50 bits per heavy atom. The van der Waals surface area contributed by atoms with Crippen molar-refractivity contribution in [1.29, 1.82) is 0 Å². The first-order chi connectivity index (χ1) is 7.65. The average molecular weight is 221 g/mol. The van der Waals surface area contributed by atoms with E-state index in [0.29, 0.717) is 5.56 Å². The van der Waals surface area contributed by atoms with Gasteiger partial charge in [-0.25, -0.2) is 14.7 Å². The predicted molar refractivity (Wildman–Crippen MR) is 53.2 cm³/mol. The molecule has 3 N–H and O–H groups in total. The van der Waals surface area contributed by atoms with E-state index in [9.17, 15) is 9.59 Å². The lowest BCUT2D eigenvalue weighted by Crippen LogP contribution is -2.22. The van der Waals surface area contributed by atoms with Gasteiger partial charge in [-0.2, -0.15) is 0 Å². The van der Waals surface area contributed by atoms with E-state index in [1.165, 1.54) is 18.3 Å². The molecule has 0 fully saturated rings. The summed E-state index contributed by atoms with van der Waals surface area (Å²) in [5.74, 6) is -0.0538. The molecule has 1 aromatic heterocycles. The van der Waals surface area contributed by atoms with Crippen molar-refractivity contribution in [1.82, 2.24) is 4.98 Å². The number of pyridine rings is 1. The van der Waals surface area contributed by atoms with E-state index in [4.69, 9.17) is 5.73 Å². The number of nitrogens with one attached hydrogen (secondary N) is 1. The lowest BCUT2D eigenvalue weighted by molar-refractivity contribution is -0.140. The zero-order valence-corrected chi connectivity index (χ0v) is 7.97. The van der Waals surface area contributed by atoms with Crippen molar-refractivity contribution in [2.75, 3.05) is 5.32 Å². The van der Waals surface area contributed by atoms with Gasteiger partial charge >= 0.3 is 6.09 Å². The number of rotatable bonds is 2. The third kappa shape index (κ3) is 2.08. The van der Waals surface area contributed by atoms with E-state index in [1.807, 2.05) is 0 Å². The Balaban J connectivity index is 2.26. The highest BCUT2D eigenvalue weighted by atomic mass is 17.2. The number of carbonyl (C=O) groups is 2. The predicted octanol–water partition coefficient (Wildman–Crippen LogP) is 0.436. The second kappa shape index (κ2) is 3.89. The average Bonchev–Trinajstić information content (AvgIpc) is 2.26. The molecule has 0 aromatic carbocycles. The zero-order chi connectivity index (χ0) is 11.5. The molecule has 7 nitrogen and oxygen atoms in total. The molecule has 0 aliphatic carbocycles. The summed E-state index contributed by atoms with van der Waals surface area (Å²) in [6.45, 7) is 0. The third-order valence-electron chi connectivity index (χ3n) is 1.74. The van der Waals surface area contributed by atoms with Gasteiger partial charge in [0.15, 0.2) is 5.82 Å². The maximum atomic E-state index is 10.8. The molecule has 16 heavy (non-hydrogen) atoms. The molecular formula is C9H7N3O4. The topological polar surface area (TPSA) is 104 Å². The Hall–Kier alpha value is -2.57. The number of amides is 2. The third-order valence-corrected chi connectivity index (χ3v) is 1.74. The van der Waals surface area contributed by atoms with Crippen molar-refractivity contribution in [3.8, 4) is 5.75 Å². The molecule has 0 atom stereocenters. The number of fused-ring (bicyclic) bond motifs is 1. The van der Waals surface area contributed by atoms with Gasteiger partial charge in [0.1, 0.15) is 0 Å². The van der Waals surface area contributed by atoms with Crippen LogP contribution in [0.25, 0.3) is 6.08 Å². The number of aromatic nitrogens is 1. The van der Waals surface area contributed by atoms with E-state index >= 15 is 0 Å². The van der Waals surface area contributed by atoms with Crippen molar-refractivity contribution < 1.29 is 19.4 Å². The number of hydrogen-bond acceptors (Lipinski definition) is 5. The van der Waals surface area contributed by atoms with Crippen LogP contribution in [0, 0.1) is 0 Å². The minimum atomic E-state index is -0.736. The number of hydrogen-bond donors (Lipinski definition) is 2. The summed E-state index contributed by atoms with van der Waals surface area (Å²) in [6.07, 6.45) is 3.37. The van der Waals surface area contributed by atoms with Crippen molar-refractivity contribution >= 4 is 23.9 Å². The fourth-order valence-corrected chi connectivity index (χ4v) is 1.09. The first-order valence-corrected chi connectivity index (χ1v) is 4.28. The Labute approximate surface area is 89.8 Å². The van der Waals surface area contributed by atoms with Crippen molar-refractivity contribution in [3.05, 3.63) is 23.9 Å². The van der Waals surface area contributed by atoms with E-state index in [1.54, 1.807) is 6.07 Å². The van der Waals surface area contributed by atoms with Gasteiger partial charge in [-0.3, -0.25) is 15.0 Å². The smallest absolute Gasteiger partial charge is 0.366 e. The molecule has 1 aliphatic heterocycles. The molecule has 82 valence electrons. The molecule has 0 unspecified atom stereocenters. The molecule has 0 radical (unpaired) electrons. The molecule has 2 amide bonds. The van der Waals surface area contributed by atoms with Gasteiger partial charge in [-0.1, -0.05) is 0 Å². The normalized spacial score (nSPS) is 13.6. The van der Waals surface area contributed by atoms with Crippen LogP contribution in [-0.2, 0) is 9.68 Å². The van der Waals surface area contributed by atoms with Gasteiger partial charge < -0.3 is 5.73 Å². The number of nitrogens with zero attached hydrogens (tertiary/aromatic N) is 1. The van der Waals surface area contributed by atoms with Gasteiger partial charge in [0.25, 0.3) is 0 Å². The molecule has 1 aliphatic rings. The highest BCUT2D eigenvalue weighted by Gasteiger charge is 2.19. The maximum Gasteiger partial charge on any atom is 0.455 e. The van der Waals surface area contributed by atoms with E-state index < -0.39 is 12.0 Å². The summed E-state index contributed by atoms with van der Waals surface area (Å²) in [4.78, 5) is 34.1. The summed E-state index contributed by atoms with van der Waals surface area (Å²) < 4.78 is 0. The SMILES string of the molecule is NC(=O)/C=C/c1cnc2c(c1)OOC(=O)N2. The molecule has 0 spiro atoms. The summed E-state index contributed by atoms with van der Waals surface area (Å²) >= 11 is 0. The van der Waals surface area contributed by atoms with Crippen molar-refractivity contribution in [3.63, 3.8) is 0 Å². The Morgan fingerprint density at radius 3 is 3.06 bits per heavy atom. The highest BCUT2D eigenvalue weighted by molar-refractivity contribution is 5.90. The largest absolute Gasteiger partial charge is 0.455 e. The van der Waals surface area contributed by atoms with Gasteiger partial charge in [-0.15, -0.1) is 0 Å². The number of nitrogens with two attached hydrogens (primary N) is 1. The lowest BCUT2D eigenvalue weighted by atomic mass is 10.2. The zero-order valence-electron chi connectivity index (χ0n) is 7.97. The van der Waals surface area contributed by atoms with Gasteiger partial charge in [0.2, 0.25) is 11.7 Å².